The molecule has 0 spiro atoms. The van der Waals surface area contributed by atoms with Crippen molar-refractivity contribution in [3.05, 3.63) is 37.8 Å². The van der Waals surface area contributed by atoms with Crippen LogP contribution in [0.4, 0.5) is 0 Å². The van der Waals surface area contributed by atoms with Crippen LogP contribution in [0.5, 0.6) is 0 Å². The standard InChI is InChI=1S/C6H5IN2O2/c7-5-3-6(8-4-5)1-2-9(10)11/h1-4,8H/b2-1+. The summed E-state index contributed by atoms with van der Waals surface area (Å²) in [5, 5.41) is 9.88. The van der Waals surface area contributed by atoms with Gasteiger partial charge >= 0.3 is 0 Å². The van der Waals surface area contributed by atoms with E-state index in [9.17, 15) is 10.1 Å². The molecule has 1 aromatic heterocycles. The molecule has 0 saturated carbocycles. The van der Waals surface area contributed by atoms with Crippen LogP contribution in [0.1, 0.15) is 5.69 Å². The monoisotopic (exact) mass is 264 g/mol. The van der Waals surface area contributed by atoms with Crippen molar-refractivity contribution >= 4 is 28.7 Å². The van der Waals surface area contributed by atoms with Gasteiger partial charge in [0.15, 0.2) is 0 Å². The number of aromatic amines is 1. The van der Waals surface area contributed by atoms with E-state index in [2.05, 4.69) is 27.6 Å². The molecule has 1 aromatic rings. The van der Waals surface area contributed by atoms with Crippen LogP contribution in [0.3, 0.4) is 0 Å². The summed E-state index contributed by atoms with van der Waals surface area (Å²) < 4.78 is 1.03. The van der Waals surface area contributed by atoms with Crippen LogP contribution in [0.25, 0.3) is 6.08 Å². The molecule has 1 N–H and O–H groups in total. The maximum atomic E-state index is 9.88. The highest BCUT2D eigenvalue weighted by molar-refractivity contribution is 14.1. The largest absolute Gasteiger partial charge is 0.360 e. The highest BCUT2D eigenvalue weighted by atomic mass is 127. The normalized spacial score (nSPS) is 10.6. The van der Waals surface area contributed by atoms with Crippen molar-refractivity contribution in [3.8, 4) is 0 Å². The zero-order chi connectivity index (χ0) is 8.27. The first-order valence-corrected chi connectivity index (χ1v) is 3.92. The van der Waals surface area contributed by atoms with E-state index < -0.39 is 4.92 Å². The number of nitrogens with one attached hydrogen (secondary N) is 1. The Labute approximate surface area is 76.6 Å². The van der Waals surface area contributed by atoms with Crippen LogP contribution in [0.15, 0.2) is 18.5 Å². The smallest absolute Gasteiger partial charge is 0.236 e. The van der Waals surface area contributed by atoms with E-state index in [1.807, 2.05) is 6.07 Å². The van der Waals surface area contributed by atoms with Crippen molar-refractivity contribution in [1.82, 2.24) is 4.98 Å². The first-order chi connectivity index (χ1) is 5.18. The van der Waals surface area contributed by atoms with E-state index in [4.69, 9.17) is 0 Å². The highest BCUT2D eigenvalue weighted by Gasteiger charge is 1.92. The van der Waals surface area contributed by atoms with E-state index in [0.717, 1.165) is 15.5 Å². The molecule has 4 nitrogen and oxygen atoms in total. The van der Waals surface area contributed by atoms with Crippen LogP contribution >= 0.6 is 22.6 Å². The fraction of sp³-hybridized carbons (Fsp3) is 0. The quantitative estimate of drug-likeness (QED) is 0.503. The number of halogens is 1. The second-order valence-corrected chi connectivity index (χ2v) is 3.12. The van der Waals surface area contributed by atoms with Crippen molar-refractivity contribution in [2.75, 3.05) is 0 Å². The second kappa shape index (κ2) is 3.51. The van der Waals surface area contributed by atoms with Gasteiger partial charge in [0.05, 0.1) is 4.92 Å². The van der Waals surface area contributed by atoms with Gasteiger partial charge in [-0.25, -0.2) is 0 Å². The van der Waals surface area contributed by atoms with Gasteiger partial charge in [0.2, 0.25) is 6.20 Å². The number of nitro groups is 1. The van der Waals surface area contributed by atoms with Gasteiger partial charge in [0, 0.05) is 21.5 Å². The number of hydrogen-bond acceptors (Lipinski definition) is 2. The summed E-state index contributed by atoms with van der Waals surface area (Å²) in [6, 6.07) is 1.82. The molecule has 5 heteroatoms. The highest BCUT2D eigenvalue weighted by Crippen LogP contribution is 2.07. The molecule has 1 heterocycles. The van der Waals surface area contributed by atoms with Crippen molar-refractivity contribution in [3.63, 3.8) is 0 Å². The van der Waals surface area contributed by atoms with Crippen LogP contribution in [0, 0.1) is 13.7 Å². The summed E-state index contributed by atoms with van der Waals surface area (Å²) in [6.45, 7) is 0. The molecule has 11 heavy (non-hydrogen) atoms. The average Bonchev–Trinajstić information content (AvgIpc) is 2.31. The predicted octanol–water partition coefficient (Wildman–Crippen LogP) is 1.87. The van der Waals surface area contributed by atoms with Gasteiger partial charge in [-0.05, 0) is 28.7 Å². The van der Waals surface area contributed by atoms with Crippen molar-refractivity contribution in [2.24, 2.45) is 0 Å². The number of aromatic nitrogens is 1. The summed E-state index contributed by atoms with van der Waals surface area (Å²) in [6.07, 6.45) is 4.10. The summed E-state index contributed by atoms with van der Waals surface area (Å²) >= 11 is 2.12. The van der Waals surface area contributed by atoms with E-state index in [1.165, 1.54) is 6.08 Å². The molecule has 0 aliphatic rings. The molecule has 0 unspecified atom stereocenters. The zero-order valence-corrected chi connectivity index (χ0v) is 7.61. The Morgan fingerprint density at radius 2 is 2.45 bits per heavy atom. The molecule has 0 amide bonds. The Bertz CT molecular complexity index is 293. The second-order valence-electron chi connectivity index (χ2n) is 1.87. The molecule has 0 aromatic carbocycles. The lowest BCUT2D eigenvalue weighted by Gasteiger charge is -1.79. The van der Waals surface area contributed by atoms with E-state index >= 15 is 0 Å². The Morgan fingerprint density at radius 1 is 1.73 bits per heavy atom. The topological polar surface area (TPSA) is 58.9 Å². The summed E-state index contributed by atoms with van der Waals surface area (Å²) in [5.41, 5.74) is 0.742. The van der Waals surface area contributed by atoms with Gasteiger partial charge in [-0.15, -0.1) is 0 Å². The van der Waals surface area contributed by atoms with Gasteiger partial charge in [0.1, 0.15) is 0 Å². The SMILES string of the molecule is O=[N+]([O-])/C=C/c1cc(I)c[nH]1. The minimum Gasteiger partial charge on any atom is -0.360 e. The van der Waals surface area contributed by atoms with E-state index in [-0.39, 0.29) is 0 Å². The maximum absolute atomic E-state index is 9.88. The minimum atomic E-state index is -0.492. The fourth-order valence-corrected chi connectivity index (χ4v) is 1.11. The van der Waals surface area contributed by atoms with Crippen LogP contribution in [0.2, 0.25) is 0 Å². The predicted molar refractivity (Wildman–Crippen MR) is 49.5 cm³/mol. The summed E-state index contributed by atoms with van der Waals surface area (Å²) in [4.78, 5) is 12.3. The molecular formula is C6H5IN2O2. The molecule has 0 radical (unpaired) electrons. The zero-order valence-electron chi connectivity index (χ0n) is 5.45. The van der Waals surface area contributed by atoms with Crippen LogP contribution in [-0.2, 0) is 0 Å². The first-order valence-electron chi connectivity index (χ1n) is 2.84. The lowest BCUT2D eigenvalue weighted by atomic mass is 10.4. The third-order valence-electron chi connectivity index (χ3n) is 1.05. The van der Waals surface area contributed by atoms with Crippen molar-refractivity contribution in [1.29, 1.82) is 0 Å². The minimum absolute atomic E-state index is 0.492. The Balaban J connectivity index is 2.71. The molecule has 0 aliphatic carbocycles. The molecule has 0 aliphatic heterocycles. The Hall–Kier alpha value is -0.850. The Morgan fingerprint density at radius 3 is 2.91 bits per heavy atom. The fourth-order valence-electron chi connectivity index (χ4n) is 0.622. The number of nitrogens with zero attached hydrogens (tertiary/aromatic N) is 1. The molecule has 0 bridgehead atoms. The lowest BCUT2D eigenvalue weighted by molar-refractivity contribution is -0.401. The summed E-state index contributed by atoms with van der Waals surface area (Å²) in [5.74, 6) is 0. The summed E-state index contributed by atoms with van der Waals surface area (Å²) in [7, 11) is 0. The molecule has 0 atom stereocenters. The number of hydrogen-bond donors (Lipinski definition) is 1. The Kier molecular flexibility index (Phi) is 2.64. The van der Waals surface area contributed by atoms with Crippen molar-refractivity contribution < 1.29 is 4.92 Å². The van der Waals surface area contributed by atoms with Gasteiger partial charge in [-0.1, -0.05) is 0 Å². The van der Waals surface area contributed by atoms with E-state index in [0.29, 0.717) is 0 Å². The van der Waals surface area contributed by atoms with Gasteiger partial charge in [-0.2, -0.15) is 0 Å². The van der Waals surface area contributed by atoms with E-state index in [1.54, 1.807) is 6.20 Å². The van der Waals surface area contributed by atoms with Gasteiger partial charge < -0.3 is 4.98 Å². The average molecular weight is 264 g/mol. The van der Waals surface area contributed by atoms with Crippen LogP contribution in [-0.4, -0.2) is 9.91 Å². The van der Waals surface area contributed by atoms with Crippen LogP contribution < -0.4 is 0 Å². The van der Waals surface area contributed by atoms with Crippen molar-refractivity contribution in [2.45, 2.75) is 0 Å². The molecule has 0 fully saturated rings. The molecule has 1 rings (SSSR count). The lowest BCUT2D eigenvalue weighted by Crippen LogP contribution is -1.81. The van der Waals surface area contributed by atoms with Gasteiger partial charge in [-0.3, -0.25) is 10.1 Å². The molecule has 0 saturated heterocycles. The first kappa shape index (κ1) is 8.25. The third-order valence-corrected chi connectivity index (χ3v) is 1.67. The maximum Gasteiger partial charge on any atom is 0.236 e. The number of rotatable bonds is 2. The third kappa shape index (κ3) is 2.71. The molecular weight excluding hydrogens is 259 g/mol. The van der Waals surface area contributed by atoms with Gasteiger partial charge in [0.25, 0.3) is 0 Å². The molecule has 58 valence electrons. The number of H-pyrrole nitrogens is 1.